The molecule has 0 aromatic heterocycles. The lowest BCUT2D eigenvalue weighted by Crippen LogP contribution is -2.45. The van der Waals surface area contributed by atoms with Crippen LogP contribution in [0.5, 0.6) is 0 Å². The smallest absolute Gasteiger partial charge is 0.325 e. The molecule has 1 aromatic carbocycles. The summed E-state index contributed by atoms with van der Waals surface area (Å²) in [6.45, 7) is 4.48. The fourth-order valence-corrected chi connectivity index (χ4v) is 3.82. The number of hydrogen-bond donors (Lipinski definition) is 2. The molecule has 1 saturated heterocycles. The van der Waals surface area contributed by atoms with Crippen molar-refractivity contribution < 1.29 is 14.4 Å². The van der Waals surface area contributed by atoms with Crippen molar-refractivity contribution in [1.82, 2.24) is 15.5 Å². The topological polar surface area (TPSA) is 78.5 Å². The molecule has 6 nitrogen and oxygen atoms in total. The van der Waals surface area contributed by atoms with E-state index in [4.69, 9.17) is 0 Å². The highest BCUT2D eigenvalue weighted by molar-refractivity contribution is 6.09. The molecular formula is C20H27N3O3. The third-order valence-electron chi connectivity index (χ3n) is 5.25. The summed E-state index contributed by atoms with van der Waals surface area (Å²) in [6.07, 6.45) is 4.17. The second kappa shape index (κ2) is 7.48. The van der Waals surface area contributed by atoms with Gasteiger partial charge in [-0.05, 0) is 49.1 Å². The first-order valence-corrected chi connectivity index (χ1v) is 9.43. The van der Waals surface area contributed by atoms with Crippen LogP contribution in [0.2, 0.25) is 0 Å². The Bertz CT molecular complexity index is 716. The number of nitrogens with zero attached hydrogens (tertiary/aromatic N) is 1. The van der Waals surface area contributed by atoms with E-state index < -0.39 is 11.6 Å². The van der Waals surface area contributed by atoms with Crippen molar-refractivity contribution in [3.8, 4) is 0 Å². The molecule has 2 N–H and O–H groups in total. The SMILES string of the molecule is CC(C)CCNC(=O)CN1C(=O)N[C@@]2(CCCCc3ccccc32)C1=O. The minimum Gasteiger partial charge on any atom is -0.355 e. The van der Waals surface area contributed by atoms with E-state index in [1.807, 2.05) is 24.3 Å². The summed E-state index contributed by atoms with van der Waals surface area (Å²) in [5.41, 5.74) is 0.947. The Morgan fingerprint density at radius 3 is 2.81 bits per heavy atom. The number of carbonyl (C=O) groups excluding carboxylic acids is 3. The van der Waals surface area contributed by atoms with E-state index in [9.17, 15) is 14.4 Å². The zero-order valence-corrected chi connectivity index (χ0v) is 15.5. The van der Waals surface area contributed by atoms with Gasteiger partial charge in [0.05, 0.1) is 0 Å². The molecule has 0 radical (unpaired) electrons. The number of imide groups is 1. The van der Waals surface area contributed by atoms with E-state index >= 15 is 0 Å². The average Bonchev–Trinajstić information content (AvgIpc) is 2.74. The zero-order chi connectivity index (χ0) is 18.7. The van der Waals surface area contributed by atoms with Crippen LogP contribution in [0.4, 0.5) is 4.79 Å². The van der Waals surface area contributed by atoms with Gasteiger partial charge in [-0.15, -0.1) is 0 Å². The Hall–Kier alpha value is -2.37. The van der Waals surface area contributed by atoms with Crippen molar-refractivity contribution in [1.29, 1.82) is 0 Å². The minimum absolute atomic E-state index is 0.229. The Morgan fingerprint density at radius 1 is 1.27 bits per heavy atom. The van der Waals surface area contributed by atoms with E-state index in [1.54, 1.807) is 0 Å². The van der Waals surface area contributed by atoms with Gasteiger partial charge in [-0.3, -0.25) is 14.5 Å². The monoisotopic (exact) mass is 357 g/mol. The molecular weight excluding hydrogens is 330 g/mol. The fourth-order valence-electron chi connectivity index (χ4n) is 3.82. The van der Waals surface area contributed by atoms with E-state index in [2.05, 4.69) is 24.5 Å². The number of rotatable bonds is 5. The highest BCUT2D eigenvalue weighted by Gasteiger charge is 2.53. The molecule has 1 fully saturated rings. The number of amides is 4. The molecule has 0 bridgehead atoms. The van der Waals surface area contributed by atoms with Crippen LogP contribution in [-0.4, -0.2) is 35.8 Å². The van der Waals surface area contributed by atoms with Crippen molar-refractivity contribution in [3.63, 3.8) is 0 Å². The van der Waals surface area contributed by atoms with Gasteiger partial charge in [0.15, 0.2) is 0 Å². The number of carbonyl (C=O) groups is 3. The number of fused-ring (bicyclic) bond motifs is 2. The summed E-state index contributed by atoms with van der Waals surface area (Å²) in [5, 5.41) is 5.69. The molecule has 4 amide bonds. The number of nitrogens with one attached hydrogen (secondary N) is 2. The Labute approximate surface area is 154 Å². The van der Waals surface area contributed by atoms with Crippen molar-refractivity contribution in [2.24, 2.45) is 5.92 Å². The van der Waals surface area contributed by atoms with Gasteiger partial charge >= 0.3 is 6.03 Å². The van der Waals surface area contributed by atoms with Crippen LogP contribution in [-0.2, 0) is 21.5 Å². The Morgan fingerprint density at radius 2 is 2.04 bits per heavy atom. The van der Waals surface area contributed by atoms with E-state index in [0.29, 0.717) is 18.9 Å². The summed E-state index contributed by atoms with van der Waals surface area (Å²) < 4.78 is 0. The van der Waals surface area contributed by atoms with Crippen molar-refractivity contribution in [2.75, 3.05) is 13.1 Å². The van der Waals surface area contributed by atoms with E-state index in [-0.39, 0.29) is 18.4 Å². The lowest BCUT2D eigenvalue weighted by molar-refractivity contribution is -0.135. The predicted octanol–water partition coefficient (Wildman–Crippen LogP) is 2.32. The van der Waals surface area contributed by atoms with Crippen LogP contribution in [0.25, 0.3) is 0 Å². The molecule has 26 heavy (non-hydrogen) atoms. The molecule has 140 valence electrons. The third-order valence-corrected chi connectivity index (χ3v) is 5.25. The highest BCUT2D eigenvalue weighted by Crippen LogP contribution is 2.38. The molecule has 1 atom stereocenters. The first kappa shape index (κ1) is 18.4. The predicted molar refractivity (Wildman–Crippen MR) is 98.4 cm³/mol. The maximum absolute atomic E-state index is 13.2. The molecule has 2 aliphatic rings. The quantitative estimate of drug-likeness (QED) is 0.794. The number of benzene rings is 1. The molecule has 1 aliphatic carbocycles. The standard InChI is InChI=1S/C20H27N3O3/c1-14(2)10-12-21-17(24)13-23-18(25)20(22-19(23)26)11-6-5-8-15-7-3-4-9-16(15)20/h3-4,7,9,14H,5-6,8,10-13H2,1-2H3,(H,21,24)(H,22,26)/t20-/m1/s1. The first-order chi connectivity index (χ1) is 12.4. The number of urea groups is 1. The van der Waals surface area contributed by atoms with Crippen LogP contribution in [0.15, 0.2) is 24.3 Å². The first-order valence-electron chi connectivity index (χ1n) is 9.43. The minimum atomic E-state index is -1.03. The van der Waals surface area contributed by atoms with Gasteiger partial charge in [0.25, 0.3) is 5.91 Å². The van der Waals surface area contributed by atoms with Crippen molar-refractivity contribution in [2.45, 2.75) is 51.5 Å². The maximum atomic E-state index is 13.2. The fraction of sp³-hybridized carbons (Fsp3) is 0.550. The van der Waals surface area contributed by atoms with E-state index in [0.717, 1.165) is 41.7 Å². The Kier molecular flexibility index (Phi) is 5.30. The summed E-state index contributed by atoms with van der Waals surface area (Å²) in [4.78, 5) is 38.9. The molecule has 1 aromatic rings. The van der Waals surface area contributed by atoms with Gasteiger partial charge in [-0.25, -0.2) is 4.79 Å². The summed E-state index contributed by atoms with van der Waals surface area (Å²) in [6, 6.07) is 7.31. The van der Waals surface area contributed by atoms with Gasteiger partial charge in [-0.2, -0.15) is 0 Å². The summed E-state index contributed by atoms with van der Waals surface area (Å²) in [7, 11) is 0. The lowest BCUT2D eigenvalue weighted by atomic mass is 9.84. The van der Waals surface area contributed by atoms with Gasteiger partial charge in [0.2, 0.25) is 5.91 Å². The summed E-state index contributed by atoms with van der Waals surface area (Å²) >= 11 is 0. The lowest BCUT2D eigenvalue weighted by Gasteiger charge is -2.27. The molecule has 0 saturated carbocycles. The second-order valence-corrected chi connectivity index (χ2v) is 7.62. The Balaban J connectivity index is 1.78. The number of aryl methyl sites for hydroxylation is 1. The van der Waals surface area contributed by atoms with Crippen LogP contribution >= 0.6 is 0 Å². The number of hydrogen-bond acceptors (Lipinski definition) is 3. The van der Waals surface area contributed by atoms with E-state index in [1.165, 1.54) is 0 Å². The van der Waals surface area contributed by atoms with Crippen LogP contribution in [0.1, 0.15) is 50.7 Å². The average molecular weight is 357 g/mol. The normalized spacial score (nSPS) is 22.3. The van der Waals surface area contributed by atoms with Crippen LogP contribution in [0, 0.1) is 5.92 Å². The van der Waals surface area contributed by atoms with Gasteiger partial charge in [0, 0.05) is 6.54 Å². The van der Waals surface area contributed by atoms with Crippen LogP contribution < -0.4 is 10.6 Å². The largest absolute Gasteiger partial charge is 0.355 e. The molecule has 1 spiro atoms. The molecule has 1 heterocycles. The zero-order valence-electron chi connectivity index (χ0n) is 15.5. The van der Waals surface area contributed by atoms with Crippen molar-refractivity contribution >= 4 is 17.8 Å². The van der Waals surface area contributed by atoms with Crippen LogP contribution in [0.3, 0.4) is 0 Å². The molecule has 6 heteroatoms. The molecule has 3 rings (SSSR count). The highest BCUT2D eigenvalue weighted by atomic mass is 16.2. The molecule has 0 unspecified atom stereocenters. The van der Waals surface area contributed by atoms with Crippen molar-refractivity contribution in [3.05, 3.63) is 35.4 Å². The third kappa shape index (κ3) is 3.45. The molecule has 1 aliphatic heterocycles. The maximum Gasteiger partial charge on any atom is 0.325 e. The van der Waals surface area contributed by atoms with Gasteiger partial charge < -0.3 is 10.6 Å². The second-order valence-electron chi connectivity index (χ2n) is 7.62. The summed E-state index contributed by atoms with van der Waals surface area (Å²) in [5.74, 6) is -0.123. The van der Waals surface area contributed by atoms with Gasteiger partial charge in [0.1, 0.15) is 12.1 Å². The van der Waals surface area contributed by atoms with Gasteiger partial charge in [-0.1, -0.05) is 38.1 Å².